The number of carbonyl (C=O) groups excluding carboxylic acids is 3. The van der Waals surface area contributed by atoms with Crippen LogP contribution < -0.4 is 20.8 Å². The van der Waals surface area contributed by atoms with Gasteiger partial charge in [-0.25, -0.2) is 5.43 Å². The van der Waals surface area contributed by atoms with Crippen LogP contribution in [0.4, 0.5) is 11.4 Å². The minimum absolute atomic E-state index is 0.228. The van der Waals surface area contributed by atoms with Crippen LogP contribution in [0.5, 0.6) is 5.75 Å². The average Bonchev–Trinajstić information content (AvgIpc) is 2.79. The zero-order valence-electron chi connectivity index (χ0n) is 17.3. The lowest BCUT2D eigenvalue weighted by Crippen LogP contribution is -2.32. The second-order valence-electron chi connectivity index (χ2n) is 6.70. The highest BCUT2D eigenvalue weighted by Gasteiger charge is 2.14. The van der Waals surface area contributed by atoms with Crippen molar-refractivity contribution in [3.8, 4) is 5.75 Å². The van der Waals surface area contributed by atoms with Gasteiger partial charge in [0.1, 0.15) is 5.75 Å². The molecule has 0 aromatic heterocycles. The number of amides is 3. The molecule has 3 N–H and O–H groups in total. The summed E-state index contributed by atoms with van der Waals surface area (Å²) in [5, 5.41) is 9.88. The van der Waals surface area contributed by atoms with Gasteiger partial charge < -0.3 is 15.4 Å². The van der Waals surface area contributed by atoms with Crippen molar-refractivity contribution < 1.29 is 19.1 Å². The van der Waals surface area contributed by atoms with Gasteiger partial charge in [0, 0.05) is 15.7 Å². The van der Waals surface area contributed by atoms with Gasteiger partial charge in [0.05, 0.1) is 16.9 Å². The van der Waals surface area contributed by atoms with Crippen molar-refractivity contribution in [2.24, 2.45) is 5.10 Å². The van der Waals surface area contributed by atoms with Crippen LogP contribution in [0.3, 0.4) is 0 Å². The van der Waals surface area contributed by atoms with Gasteiger partial charge in [-0.05, 0) is 60.2 Å². The Bertz CT molecular complexity index is 1210. The van der Waals surface area contributed by atoms with Crippen molar-refractivity contribution in [1.82, 2.24) is 5.43 Å². The highest BCUT2D eigenvalue weighted by Crippen LogP contribution is 2.22. The van der Waals surface area contributed by atoms with Crippen molar-refractivity contribution in [3.63, 3.8) is 0 Å². The van der Waals surface area contributed by atoms with Gasteiger partial charge >= 0.3 is 11.8 Å². The normalized spacial score (nSPS) is 10.6. The maximum Gasteiger partial charge on any atom is 0.329 e. The summed E-state index contributed by atoms with van der Waals surface area (Å²) in [6, 6.07) is 17.8. The number of nitrogens with one attached hydrogen (secondary N) is 3. The van der Waals surface area contributed by atoms with Crippen molar-refractivity contribution in [1.29, 1.82) is 0 Å². The molecule has 174 valence electrons. The molecule has 0 saturated heterocycles. The zero-order valence-corrected chi connectivity index (χ0v) is 19.6. The van der Waals surface area contributed by atoms with Crippen molar-refractivity contribution in [2.45, 2.75) is 0 Å². The van der Waals surface area contributed by atoms with Gasteiger partial charge in [0.15, 0.2) is 6.61 Å². The number of para-hydroxylation sites is 1. The first-order valence-corrected chi connectivity index (χ1v) is 10.8. The highest BCUT2D eigenvalue weighted by atomic mass is 35.5. The molecule has 11 heteroatoms. The quantitative estimate of drug-likeness (QED) is 0.238. The number of hydrogen-bond acceptors (Lipinski definition) is 5. The molecule has 0 heterocycles. The Morgan fingerprint density at radius 2 is 1.53 bits per heavy atom. The standard InChI is InChI=1S/C23H17Cl3N4O4/c24-15-9-16(25)11-17(10-15)28-21(31)13-34-18-7-5-14(6-8-18)12-27-30-23(33)22(32)29-20-4-2-1-3-19(20)26/h1-12H,13H2,(H,28,31)(H,29,32)(H,30,33). The van der Waals surface area contributed by atoms with Gasteiger partial charge in [-0.15, -0.1) is 0 Å². The third-order valence-corrected chi connectivity index (χ3v) is 4.87. The largest absolute Gasteiger partial charge is 0.484 e. The molecule has 3 rings (SSSR count). The van der Waals surface area contributed by atoms with Crippen LogP contribution in [-0.2, 0) is 14.4 Å². The van der Waals surface area contributed by atoms with E-state index in [9.17, 15) is 14.4 Å². The fraction of sp³-hybridized carbons (Fsp3) is 0.0435. The number of hydrogen-bond donors (Lipinski definition) is 3. The number of ether oxygens (including phenoxy) is 1. The van der Waals surface area contributed by atoms with E-state index in [1.54, 1.807) is 66.7 Å². The number of carbonyl (C=O) groups is 3. The first kappa shape index (κ1) is 25.0. The highest BCUT2D eigenvalue weighted by molar-refractivity contribution is 6.41. The molecule has 0 atom stereocenters. The van der Waals surface area contributed by atoms with E-state index in [1.165, 1.54) is 6.21 Å². The molecule has 0 bridgehead atoms. The Labute approximate surface area is 209 Å². The average molecular weight is 520 g/mol. The fourth-order valence-electron chi connectivity index (χ4n) is 2.58. The number of rotatable bonds is 7. The lowest BCUT2D eigenvalue weighted by atomic mass is 10.2. The maximum absolute atomic E-state index is 12.0. The van der Waals surface area contributed by atoms with Gasteiger partial charge in [-0.3, -0.25) is 14.4 Å². The Hall–Kier alpha value is -3.59. The maximum atomic E-state index is 12.0. The van der Waals surface area contributed by atoms with Crippen molar-refractivity contribution in [3.05, 3.63) is 87.4 Å². The van der Waals surface area contributed by atoms with Gasteiger partial charge in [-0.2, -0.15) is 5.10 Å². The van der Waals surface area contributed by atoms with Crippen LogP contribution in [0, 0.1) is 0 Å². The van der Waals surface area contributed by atoms with E-state index < -0.39 is 11.8 Å². The number of benzene rings is 3. The molecule has 0 radical (unpaired) electrons. The van der Waals surface area contributed by atoms with E-state index in [2.05, 4.69) is 21.2 Å². The molecule has 0 fully saturated rings. The smallest absolute Gasteiger partial charge is 0.329 e. The summed E-state index contributed by atoms with van der Waals surface area (Å²) in [5.41, 5.74) is 3.52. The minimum atomic E-state index is -0.955. The molecule has 8 nitrogen and oxygen atoms in total. The van der Waals surface area contributed by atoms with E-state index in [1.807, 2.05) is 0 Å². The van der Waals surface area contributed by atoms with E-state index in [0.717, 1.165) is 0 Å². The molecular weight excluding hydrogens is 503 g/mol. The summed E-state index contributed by atoms with van der Waals surface area (Å²) >= 11 is 17.7. The van der Waals surface area contributed by atoms with Crippen molar-refractivity contribution in [2.75, 3.05) is 17.2 Å². The van der Waals surface area contributed by atoms with E-state index in [-0.39, 0.29) is 12.5 Å². The number of hydrazone groups is 1. The zero-order chi connectivity index (χ0) is 24.5. The Kier molecular flexibility index (Phi) is 8.86. The van der Waals surface area contributed by atoms with Crippen LogP contribution in [0.1, 0.15) is 5.56 Å². The lowest BCUT2D eigenvalue weighted by Gasteiger charge is -2.08. The minimum Gasteiger partial charge on any atom is -0.484 e. The third-order valence-electron chi connectivity index (χ3n) is 4.10. The summed E-state index contributed by atoms with van der Waals surface area (Å²) in [7, 11) is 0. The van der Waals surface area contributed by atoms with Crippen LogP contribution in [-0.4, -0.2) is 30.5 Å². The van der Waals surface area contributed by atoms with E-state index in [0.29, 0.717) is 37.8 Å². The summed E-state index contributed by atoms with van der Waals surface area (Å²) in [4.78, 5) is 35.8. The van der Waals surface area contributed by atoms with Gasteiger partial charge in [0.25, 0.3) is 5.91 Å². The molecule has 3 aromatic rings. The summed E-state index contributed by atoms with van der Waals surface area (Å²) < 4.78 is 5.44. The number of nitrogens with zero attached hydrogens (tertiary/aromatic N) is 1. The number of halogens is 3. The Balaban J connectivity index is 1.44. The topological polar surface area (TPSA) is 109 Å². The molecular formula is C23H17Cl3N4O4. The Morgan fingerprint density at radius 1 is 0.853 bits per heavy atom. The molecule has 0 aliphatic rings. The SMILES string of the molecule is O=C(COc1ccc(C=NNC(=O)C(=O)Nc2ccccc2Cl)cc1)Nc1cc(Cl)cc(Cl)c1. The molecule has 0 aliphatic carbocycles. The first-order valence-electron chi connectivity index (χ1n) is 9.68. The van der Waals surface area contributed by atoms with Crippen LogP contribution in [0.2, 0.25) is 15.1 Å². The molecule has 3 aromatic carbocycles. The van der Waals surface area contributed by atoms with Crippen molar-refractivity contribution >= 4 is 70.1 Å². The van der Waals surface area contributed by atoms with Crippen LogP contribution in [0.15, 0.2) is 71.8 Å². The lowest BCUT2D eigenvalue weighted by molar-refractivity contribution is -0.136. The Morgan fingerprint density at radius 3 is 2.21 bits per heavy atom. The second kappa shape index (κ2) is 12.0. The summed E-state index contributed by atoms with van der Waals surface area (Å²) in [6.07, 6.45) is 1.35. The molecule has 3 amide bonds. The molecule has 0 spiro atoms. The van der Waals surface area contributed by atoms with E-state index >= 15 is 0 Å². The molecule has 0 saturated carbocycles. The fourth-order valence-corrected chi connectivity index (χ4v) is 3.29. The first-order chi connectivity index (χ1) is 16.3. The molecule has 0 unspecified atom stereocenters. The predicted octanol–water partition coefficient (Wildman–Crippen LogP) is 4.75. The van der Waals surface area contributed by atoms with Gasteiger partial charge in [0.2, 0.25) is 0 Å². The number of anilines is 2. The summed E-state index contributed by atoms with van der Waals surface area (Å²) in [5.74, 6) is -1.81. The summed E-state index contributed by atoms with van der Waals surface area (Å²) in [6.45, 7) is -0.228. The van der Waals surface area contributed by atoms with Gasteiger partial charge in [-0.1, -0.05) is 46.9 Å². The third kappa shape index (κ3) is 7.77. The predicted molar refractivity (Wildman–Crippen MR) is 133 cm³/mol. The molecule has 34 heavy (non-hydrogen) atoms. The van der Waals surface area contributed by atoms with Crippen LogP contribution >= 0.6 is 34.8 Å². The monoisotopic (exact) mass is 518 g/mol. The molecule has 0 aliphatic heterocycles. The second-order valence-corrected chi connectivity index (χ2v) is 7.98. The van der Waals surface area contributed by atoms with E-state index in [4.69, 9.17) is 39.5 Å². The van der Waals surface area contributed by atoms with Crippen LogP contribution in [0.25, 0.3) is 0 Å².